The molecule has 0 bridgehead atoms. The van der Waals surface area contributed by atoms with Crippen LogP contribution in [-0.2, 0) is 4.74 Å². The molecule has 6 nitrogen and oxygen atoms in total. The average Bonchev–Trinajstić information content (AvgIpc) is 2.38. The molecule has 0 saturated carbocycles. The Kier molecular flexibility index (Phi) is 6.03. The van der Waals surface area contributed by atoms with Gasteiger partial charge in [-0.2, -0.15) is 5.26 Å². The lowest BCUT2D eigenvalue weighted by Gasteiger charge is -2.26. The van der Waals surface area contributed by atoms with E-state index < -0.39 is 0 Å². The van der Waals surface area contributed by atoms with Crippen LogP contribution in [0, 0.1) is 11.3 Å². The van der Waals surface area contributed by atoms with Gasteiger partial charge in [0.25, 0.3) is 0 Å². The van der Waals surface area contributed by atoms with E-state index in [4.69, 9.17) is 15.7 Å². The Labute approximate surface area is 114 Å². The lowest BCUT2D eigenvalue weighted by molar-refractivity contribution is 0.205. The Balaban J connectivity index is 3.06. The number of nitrogens with zero attached hydrogens (tertiary/aromatic N) is 4. The van der Waals surface area contributed by atoms with Gasteiger partial charge in [0.05, 0.1) is 19.1 Å². The van der Waals surface area contributed by atoms with Gasteiger partial charge in [0.1, 0.15) is 18.0 Å². The van der Waals surface area contributed by atoms with Gasteiger partial charge in [-0.15, -0.1) is 0 Å². The average molecular weight is 263 g/mol. The smallest absolute Gasteiger partial charge is 0.137 e. The fourth-order valence-electron chi connectivity index (χ4n) is 1.92. The van der Waals surface area contributed by atoms with Crippen LogP contribution in [-0.4, -0.2) is 36.8 Å². The Bertz CT molecular complexity index is 441. The van der Waals surface area contributed by atoms with Gasteiger partial charge in [-0.25, -0.2) is 9.97 Å². The van der Waals surface area contributed by atoms with E-state index in [2.05, 4.69) is 29.9 Å². The molecule has 0 radical (unpaired) electrons. The number of nitrogens with two attached hydrogens (primary N) is 1. The zero-order valence-corrected chi connectivity index (χ0v) is 11.8. The molecule has 1 rings (SSSR count). The van der Waals surface area contributed by atoms with Crippen molar-refractivity contribution in [1.29, 1.82) is 5.26 Å². The summed E-state index contributed by atoms with van der Waals surface area (Å²) in [6.07, 6.45) is 1.90. The molecule has 0 aromatic carbocycles. The maximum absolute atomic E-state index is 8.76. The number of hydrogen-bond acceptors (Lipinski definition) is 6. The van der Waals surface area contributed by atoms with E-state index in [0.717, 1.165) is 11.4 Å². The van der Waals surface area contributed by atoms with Crippen molar-refractivity contribution < 1.29 is 4.74 Å². The first-order valence-corrected chi connectivity index (χ1v) is 6.33. The fourth-order valence-corrected chi connectivity index (χ4v) is 1.92. The monoisotopic (exact) mass is 263 g/mol. The summed E-state index contributed by atoms with van der Waals surface area (Å²) in [6.45, 7) is 5.96. The number of rotatable bonds is 7. The molecule has 0 fully saturated rings. The van der Waals surface area contributed by atoms with Crippen LogP contribution < -0.4 is 10.6 Å². The number of ether oxygens (including phenoxy) is 1. The first-order chi connectivity index (χ1) is 9.11. The molecular weight excluding hydrogens is 242 g/mol. The predicted octanol–water partition coefficient (Wildman–Crippen LogP) is 1.55. The summed E-state index contributed by atoms with van der Waals surface area (Å²) in [5.41, 5.74) is 6.87. The predicted molar refractivity (Wildman–Crippen MR) is 74.9 cm³/mol. The molecule has 0 saturated heterocycles. The number of nitriles is 1. The van der Waals surface area contributed by atoms with Crippen LogP contribution in [0.4, 0.5) is 11.6 Å². The lowest BCUT2D eigenvalue weighted by Crippen LogP contribution is -2.30. The largest absolute Gasteiger partial charge is 0.383 e. The summed E-state index contributed by atoms with van der Waals surface area (Å²) in [7, 11) is 1.65. The fraction of sp³-hybridized carbons (Fsp3) is 0.615. The molecule has 6 heteroatoms. The van der Waals surface area contributed by atoms with Crippen molar-refractivity contribution in [3.8, 4) is 6.07 Å². The number of anilines is 2. The van der Waals surface area contributed by atoms with E-state index in [1.54, 1.807) is 7.11 Å². The van der Waals surface area contributed by atoms with Gasteiger partial charge in [-0.05, 0) is 5.92 Å². The zero-order valence-electron chi connectivity index (χ0n) is 11.8. The number of aromatic nitrogens is 2. The van der Waals surface area contributed by atoms with E-state index in [9.17, 15) is 0 Å². The molecule has 1 aromatic rings. The topological polar surface area (TPSA) is 88.1 Å². The minimum Gasteiger partial charge on any atom is -0.383 e. The van der Waals surface area contributed by atoms with Crippen LogP contribution in [0.25, 0.3) is 0 Å². The molecule has 0 spiro atoms. The molecule has 0 aliphatic heterocycles. The summed E-state index contributed by atoms with van der Waals surface area (Å²) in [4.78, 5) is 10.4. The third kappa shape index (κ3) is 4.07. The van der Waals surface area contributed by atoms with E-state index in [0.29, 0.717) is 31.9 Å². The summed E-state index contributed by atoms with van der Waals surface area (Å²) in [5.74, 6) is 1.53. The van der Waals surface area contributed by atoms with Crippen LogP contribution in [0.3, 0.4) is 0 Å². The highest BCUT2D eigenvalue weighted by Gasteiger charge is 2.18. The lowest BCUT2D eigenvalue weighted by atomic mass is 10.0. The van der Waals surface area contributed by atoms with Crippen LogP contribution in [0.1, 0.15) is 31.7 Å². The minimum absolute atomic E-state index is 0.225. The molecule has 0 aliphatic carbocycles. The van der Waals surface area contributed by atoms with Crippen molar-refractivity contribution in [2.24, 2.45) is 0 Å². The molecule has 1 heterocycles. The molecule has 2 N–H and O–H groups in total. The normalized spacial score (nSPS) is 10.5. The molecule has 0 aliphatic rings. The van der Waals surface area contributed by atoms with Gasteiger partial charge in [0, 0.05) is 25.8 Å². The first kappa shape index (κ1) is 15.2. The van der Waals surface area contributed by atoms with Gasteiger partial charge in [-0.1, -0.05) is 13.8 Å². The Morgan fingerprint density at radius 2 is 2.16 bits per heavy atom. The van der Waals surface area contributed by atoms with Gasteiger partial charge in [-0.3, -0.25) is 0 Å². The number of nitrogen functional groups attached to an aromatic ring is 1. The van der Waals surface area contributed by atoms with Gasteiger partial charge in [0.15, 0.2) is 0 Å². The third-order valence-electron chi connectivity index (χ3n) is 2.83. The van der Waals surface area contributed by atoms with Crippen molar-refractivity contribution in [3.63, 3.8) is 0 Å². The molecule has 19 heavy (non-hydrogen) atoms. The molecule has 0 amide bonds. The van der Waals surface area contributed by atoms with Crippen molar-refractivity contribution in [2.45, 2.75) is 26.2 Å². The Morgan fingerprint density at radius 1 is 1.42 bits per heavy atom. The Morgan fingerprint density at radius 3 is 2.74 bits per heavy atom. The van der Waals surface area contributed by atoms with Crippen molar-refractivity contribution >= 4 is 11.6 Å². The second kappa shape index (κ2) is 7.54. The Hall–Kier alpha value is -1.87. The maximum Gasteiger partial charge on any atom is 0.137 e. The van der Waals surface area contributed by atoms with Crippen molar-refractivity contribution in [1.82, 2.24) is 9.97 Å². The summed E-state index contributed by atoms with van der Waals surface area (Å²) >= 11 is 0. The van der Waals surface area contributed by atoms with Crippen LogP contribution in [0.5, 0.6) is 0 Å². The van der Waals surface area contributed by atoms with Crippen LogP contribution >= 0.6 is 0 Å². The second-order valence-corrected chi connectivity index (χ2v) is 4.54. The highest BCUT2D eigenvalue weighted by molar-refractivity contribution is 5.58. The quantitative estimate of drug-likeness (QED) is 0.803. The van der Waals surface area contributed by atoms with E-state index in [1.165, 1.54) is 6.33 Å². The maximum atomic E-state index is 8.76. The summed E-state index contributed by atoms with van der Waals surface area (Å²) in [6, 6.07) is 2.15. The minimum atomic E-state index is 0.225. The molecule has 0 atom stereocenters. The third-order valence-corrected chi connectivity index (χ3v) is 2.83. The van der Waals surface area contributed by atoms with E-state index >= 15 is 0 Å². The molecule has 0 unspecified atom stereocenters. The van der Waals surface area contributed by atoms with Crippen LogP contribution in [0.15, 0.2) is 6.33 Å². The summed E-state index contributed by atoms with van der Waals surface area (Å²) in [5, 5.41) is 8.76. The molecule has 104 valence electrons. The highest BCUT2D eigenvalue weighted by Crippen LogP contribution is 2.29. The number of methoxy groups -OCH3 is 1. The van der Waals surface area contributed by atoms with Gasteiger partial charge >= 0.3 is 0 Å². The van der Waals surface area contributed by atoms with Gasteiger partial charge in [0.2, 0.25) is 0 Å². The zero-order chi connectivity index (χ0) is 14.3. The van der Waals surface area contributed by atoms with E-state index in [-0.39, 0.29) is 5.92 Å². The summed E-state index contributed by atoms with van der Waals surface area (Å²) < 4.78 is 5.11. The van der Waals surface area contributed by atoms with Crippen molar-refractivity contribution in [3.05, 3.63) is 11.9 Å². The standard InChI is InChI=1S/C13H21N5O/c1-10(2)11-12(15)16-9-17-13(11)18(6-4-5-14)7-8-19-3/h9-10H,4,6-8H2,1-3H3,(H2,15,16,17). The van der Waals surface area contributed by atoms with Crippen molar-refractivity contribution in [2.75, 3.05) is 37.4 Å². The number of hydrogen-bond donors (Lipinski definition) is 1. The second-order valence-electron chi connectivity index (χ2n) is 4.54. The highest BCUT2D eigenvalue weighted by atomic mass is 16.5. The molecular formula is C13H21N5O. The van der Waals surface area contributed by atoms with Crippen LogP contribution in [0.2, 0.25) is 0 Å². The SMILES string of the molecule is COCCN(CCC#N)c1ncnc(N)c1C(C)C. The molecule has 1 aromatic heterocycles. The van der Waals surface area contributed by atoms with E-state index in [1.807, 2.05) is 4.90 Å². The van der Waals surface area contributed by atoms with Gasteiger partial charge < -0.3 is 15.4 Å². The first-order valence-electron chi connectivity index (χ1n) is 6.33.